The van der Waals surface area contributed by atoms with Crippen LogP contribution in [0.25, 0.3) is 0 Å². The van der Waals surface area contributed by atoms with E-state index in [1.807, 2.05) is 17.0 Å². The van der Waals surface area contributed by atoms with Gasteiger partial charge in [0.15, 0.2) is 5.82 Å². The van der Waals surface area contributed by atoms with E-state index in [0.717, 1.165) is 56.0 Å². The number of nitrogens with zero attached hydrogens (tertiary/aromatic N) is 3. The van der Waals surface area contributed by atoms with E-state index in [9.17, 15) is 13.2 Å². The van der Waals surface area contributed by atoms with Crippen molar-refractivity contribution in [1.29, 1.82) is 0 Å². The molecule has 2 aromatic rings. The van der Waals surface area contributed by atoms with Crippen LogP contribution in [0.3, 0.4) is 0 Å². The number of amides is 1. The summed E-state index contributed by atoms with van der Waals surface area (Å²) in [7, 11) is -3.43. The Hall–Kier alpha value is -2.26. The van der Waals surface area contributed by atoms with Crippen molar-refractivity contribution < 1.29 is 13.2 Å². The molecule has 1 aromatic carbocycles. The molecule has 0 radical (unpaired) electrons. The number of piperidine rings is 1. The second-order valence-corrected chi connectivity index (χ2v) is 10.8. The van der Waals surface area contributed by atoms with Gasteiger partial charge >= 0.3 is 0 Å². The highest BCUT2D eigenvalue weighted by molar-refractivity contribution is 7.89. The molecule has 3 aliphatic rings. The van der Waals surface area contributed by atoms with Crippen molar-refractivity contribution in [2.45, 2.75) is 74.1 Å². The minimum absolute atomic E-state index is 0.0933. The molecule has 1 aliphatic heterocycles. The topological polar surface area (TPSA) is 108 Å². The van der Waals surface area contributed by atoms with Crippen LogP contribution in [-0.2, 0) is 21.2 Å². The zero-order valence-electron chi connectivity index (χ0n) is 17.6. The quantitative estimate of drug-likeness (QED) is 0.652. The van der Waals surface area contributed by atoms with Crippen LogP contribution in [0, 0.1) is 0 Å². The fourth-order valence-corrected chi connectivity index (χ4v) is 5.44. The maximum absolute atomic E-state index is 12.7. The molecule has 0 bridgehead atoms. The first kappa shape index (κ1) is 20.6. The molecule has 1 amide bonds. The molecule has 31 heavy (non-hydrogen) atoms. The van der Waals surface area contributed by atoms with Crippen molar-refractivity contribution in [3.63, 3.8) is 0 Å². The molecular weight excluding hydrogens is 414 g/mol. The molecule has 1 aromatic heterocycles. The number of aromatic amines is 1. The Balaban J connectivity index is 1.09. The summed E-state index contributed by atoms with van der Waals surface area (Å²) in [6.45, 7) is 1.49. The van der Waals surface area contributed by atoms with Gasteiger partial charge in [0.2, 0.25) is 15.9 Å². The van der Waals surface area contributed by atoms with E-state index in [2.05, 4.69) is 19.9 Å². The lowest BCUT2D eigenvalue weighted by atomic mass is 9.95. The number of benzene rings is 1. The molecule has 0 unspecified atom stereocenters. The van der Waals surface area contributed by atoms with Crippen LogP contribution in [0.15, 0.2) is 29.2 Å². The smallest absolute Gasteiger partial charge is 0.240 e. The normalized spacial score (nSPS) is 20.2. The minimum atomic E-state index is -3.43. The standard InChI is InChI=1S/C22H29N5O3S/c28-20(10-3-15-1-8-19(9-2-15)31(29,30)26-18-6-7-18)27-13-11-17(12-14-27)22-23-21(24-25-22)16-4-5-16/h1-2,8-9,16-18,26H,3-7,10-14H2,(H,23,24,25). The summed E-state index contributed by atoms with van der Waals surface area (Å²) >= 11 is 0. The van der Waals surface area contributed by atoms with Gasteiger partial charge in [-0.05, 0) is 62.6 Å². The maximum Gasteiger partial charge on any atom is 0.240 e. The van der Waals surface area contributed by atoms with Gasteiger partial charge < -0.3 is 4.90 Å². The predicted molar refractivity (Wildman–Crippen MR) is 115 cm³/mol. The molecule has 2 N–H and O–H groups in total. The highest BCUT2D eigenvalue weighted by Crippen LogP contribution is 2.38. The number of carbonyl (C=O) groups is 1. The Bertz CT molecular complexity index is 1030. The van der Waals surface area contributed by atoms with Crippen molar-refractivity contribution in [3.05, 3.63) is 41.5 Å². The molecule has 0 spiro atoms. The average molecular weight is 444 g/mol. The van der Waals surface area contributed by atoms with Gasteiger partial charge in [0.1, 0.15) is 5.82 Å². The molecular formula is C22H29N5O3S. The first-order valence-electron chi connectivity index (χ1n) is 11.3. The SMILES string of the molecule is O=C(CCc1ccc(S(=O)(=O)NC2CC2)cc1)N1CCC(c2nc(C3CC3)n[nH]2)CC1. The van der Waals surface area contributed by atoms with E-state index in [4.69, 9.17) is 0 Å². The van der Waals surface area contributed by atoms with Gasteiger partial charge in [0.05, 0.1) is 4.90 Å². The fourth-order valence-electron chi connectivity index (χ4n) is 4.13. The number of nitrogens with one attached hydrogen (secondary N) is 2. The molecule has 2 heterocycles. The lowest BCUT2D eigenvalue weighted by Crippen LogP contribution is -2.38. The van der Waals surface area contributed by atoms with Crippen molar-refractivity contribution in [2.24, 2.45) is 0 Å². The van der Waals surface area contributed by atoms with E-state index in [1.165, 1.54) is 12.8 Å². The van der Waals surface area contributed by atoms with Gasteiger partial charge in [-0.25, -0.2) is 18.1 Å². The van der Waals surface area contributed by atoms with Crippen LogP contribution < -0.4 is 4.72 Å². The number of hydrogen-bond acceptors (Lipinski definition) is 5. The molecule has 0 atom stereocenters. The lowest BCUT2D eigenvalue weighted by Gasteiger charge is -2.31. The number of likely N-dealkylation sites (tertiary alicyclic amines) is 1. The summed E-state index contributed by atoms with van der Waals surface area (Å²) in [6.07, 6.45) is 7.08. The second-order valence-electron chi connectivity index (χ2n) is 9.05. The second kappa shape index (κ2) is 8.35. The summed E-state index contributed by atoms with van der Waals surface area (Å²) in [5.74, 6) is 2.98. The van der Waals surface area contributed by atoms with Gasteiger partial charge in [0, 0.05) is 37.4 Å². The molecule has 2 aliphatic carbocycles. The number of aromatic nitrogens is 3. The van der Waals surface area contributed by atoms with Crippen molar-refractivity contribution in [1.82, 2.24) is 24.8 Å². The lowest BCUT2D eigenvalue weighted by molar-refractivity contribution is -0.132. The Morgan fingerprint density at radius 2 is 1.74 bits per heavy atom. The van der Waals surface area contributed by atoms with Crippen molar-refractivity contribution in [2.75, 3.05) is 13.1 Å². The van der Waals surface area contributed by atoms with Crippen LogP contribution in [0.5, 0.6) is 0 Å². The number of aryl methyl sites for hydroxylation is 1. The summed E-state index contributed by atoms with van der Waals surface area (Å²) in [6, 6.07) is 6.97. The summed E-state index contributed by atoms with van der Waals surface area (Å²) < 4.78 is 27.2. The van der Waals surface area contributed by atoms with E-state index < -0.39 is 10.0 Å². The molecule has 166 valence electrons. The Morgan fingerprint density at radius 1 is 1.03 bits per heavy atom. The van der Waals surface area contributed by atoms with E-state index in [-0.39, 0.29) is 16.8 Å². The maximum atomic E-state index is 12.7. The molecule has 8 nitrogen and oxygen atoms in total. The third kappa shape index (κ3) is 4.98. The monoisotopic (exact) mass is 443 g/mol. The number of hydrogen-bond donors (Lipinski definition) is 2. The summed E-state index contributed by atoms with van der Waals surface area (Å²) in [4.78, 5) is 19.5. The van der Waals surface area contributed by atoms with Crippen LogP contribution in [0.1, 0.15) is 74.0 Å². The third-order valence-corrected chi connectivity index (χ3v) is 7.99. The van der Waals surface area contributed by atoms with E-state index >= 15 is 0 Å². The number of H-pyrrole nitrogens is 1. The van der Waals surface area contributed by atoms with E-state index in [1.54, 1.807) is 12.1 Å². The Morgan fingerprint density at radius 3 is 2.39 bits per heavy atom. The van der Waals surface area contributed by atoms with Gasteiger partial charge in [-0.2, -0.15) is 5.10 Å². The number of carbonyl (C=O) groups excluding carboxylic acids is 1. The van der Waals surface area contributed by atoms with Gasteiger partial charge in [-0.3, -0.25) is 9.89 Å². The summed E-state index contributed by atoms with van der Waals surface area (Å²) in [5.41, 5.74) is 0.975. The predicted octanol–water partition coefficient (Wildman–Crippen LogP) is 2.46. The molecule has 2 saturated carbocycles. The molecule has 3 fully saturated rings. The Labute approximate surface area is 182 Å². The largest absolute Gasteiger partial charge is 0.343 e. The van der Waals surface area contributed by atoms with E-state index in [0.29, 0.717) is 24.7 Å². The molecule has 5 rings (SSSR count). The van der Waals surface area contributed by atoms with Crippen molar-refractivity contribution >= 4 is 15.9 Å². The van der Waals surface area contributed by atoms with Crippen LogP contribution in [0.4, 0.5) is 0 Å². The van der Waals surface area contributed by atoms with Gasteiger partial charge in [-0.15, -0.1) is 0 Å². The van der Waals surface area contributed by atoms with Crippen molar-refractivity contribution in [3.8, 4) is 0 Å². The Kier molecular flexibility index (Phi) is 5.56. The molecule has 1 saturated heterocycles. The number of sulfonamides is 1. The zero-order valence-corrected chi connectivity index (χ0v) is 18.4. The highest BCUT2D eigenvalue weighted by atomic mass is 32.2. The van der Waals surface area contributed by atoms with Crippen LogP contribution in [0.2, 0.25) is 0 Å². The third-order valence-electron chi connectivity index (χ3n) is 6.46. The van der Waals surface area contributed by atoms with Gasteiger partial charge in [-0.1, -0.05) is 12.1 Å². The fraction of sp³-hybridized carbons (Fsp3) is 0.591. The first-order valence-corrected chi connectivity index (χ1v) is 12.8. The number of rotatable bonds is 8. The van der Waals surface area contributed by atoms with Gasteiger partial charge in [0.25, 0.3) is 0 Å². The first-order chi connectivity index (χ1) is 15.0. The average Bonchev–Trinajstić information content (AvgIpc) is 3.72. The molecule has 9 heteroatoms. The zero-order chi connectivity index (χ0) is 21.4. The highest BCUT2D eigenvalue weighted by Gasteiger charge is 2.31. The minimum Gasteiger partial charge on any atom is -0.343 e. The van der Waals surface area contributed by atoms with Crippen LogP contribution in [-0.4, -0.2) is 53.5 Å². The van der Waals surface area contributed by atoms with Crippen LogP contribution >= 0.6 is 0 Å². The summed E-state index contributed by atoms with van der Waals surface area (Å²) in [5, 5.41) is 7.46.